The molecule has 0 atom stereocenters. The zero-order valence-electron chi connectivity index (χ0n) is 14.3. The van der Waals surface area contributed by atoms with Crippen molar-refractivity contribution in [2.45, 2.75) is 13.8 Å². The molecule has 2 amide bonds. The molecule has 5 nitrogen and oxygen atoms in total. The van der Waals surface area contributed by atoms with Crippen molar-refractivity contribution >= 4 is 11.8 Å². The molecule has 6 heteroatoms. The zero-order chi connectivity index (χ0) is 18.2. The summed E-state index contributed by atoms with van der Waals surface area (Å²) in [7, 11) is 0. The summed E-state index contributed by atoms with van der Waals surface area (Å²) in [5.74, 6) is -0.403. The van der Waals surface area contributed by atoms with E-state index >= 15 is 0 Å². The van der Waals surface area contributed by atoms with Crippen molar-refractivity contribution in [3.8, 4) is 5.75 Å². The Kier molecular flexibility index (Phi) is 6.51. The topological polar surface area (TPSA) is 67.4 Å². The van der Waals surface area contributed by atoms with Gasteiger partial charge in [0, 0.05) is 5.56 Å². The predicted molar refractivity (Wildman–Crippen MR) is 93.2 cm³/mol. The van der Waals surface area contributed by atoms with Crippen LogP contribution in [0.25, 0.3) is 0 Å². The monoisotopic (exact) mass is 344 g/mol. The number of carbonyl (C=O) groups excluding carboxylic acids is 2. The minimum Gasteiger partial charge on any atom is -0.492 e. The molecule has 25 heavy (non-hydrogen) atoms. The van der Waals surface area contributed by atoms with E-state index in [0.29, 0.717) is 11.3 Å². The standard InChI is InChI=1S/C19H21FN2O3/c1-13-3-4-15(11-14(13)2)19(24)22-12-18(23)21-9-10-25-17-7-5-16(20)6-8-17/h3-8,11H,9-10,12H2,1-2H3,(H,21,23)(H,22,24). The number of benzene rings is 2. The van der Waals surface area contributed by atoms with Crippen LogP contribution in [0, 0.1) is 19.7 Å². The molecule has 0 fully saturated rings. The van der Waals surface area contributed by atoms with Crippen molar-refractivity contribution in [1.82, 2.24) is 10.6 Å². The predicted octanol–water partition coefficient (Wildman–Crippen LogP) is 2.37. The van der Waals surface area contributed by atoms with Gasteiger partial charge in [0.05, 0.1) is 13.1 Å². The van der Waals surface area contributed by atoms with Crippen molar-refractivity contribution in [1.29, 1.82) is 0 Å². The highest BCUT2D eigenvalue weighted by molar-refractivity contribution is 5.96. The number of carbonyl (C=O) groups is 2. The molecule has 0 spiro atoms. The van der Waals surface area contributed by atoms with Crippen LogP contribution in [0.4, 0.5) is 4.39 Å². The highest BCUT2D eigenvalue weighted by atomic mass is 19.1. The van der Waals surface area contributed by atoms with Crippen LogP contribution >= 0.6 is 0 Å². The number of hydrogen-bond acceptors (Lipinski definition) is 3. The molecule has 0 bridgehead atoms. The molecule has 2 rings (SSSR count). The largest absolute Gasteiger partial charge is 0.492 e. The van der Waals surface area contributed by atoms with Gasteiger partial charge in [0.25, 0.3) is 5.91 Å². The lowest BCUT2D eigenvalue weighted by Gasteiger charge is -2.09. The first-order valence-corrected chi connectivity index (χ1v) is 7.96. The molecule has 0 aromatic heterocycles. The van der Waals surface area contributed by atoms with Gasteiger partial charge in [-0.3, -0.25) is 9.59 Å². The van der Waals surface area contributed by atoms with Gasteiger partial charge in [0.2, 0.25) is 5.91 Å². The SMILES string of the molecule is Cc1ccc(C(=O)NCC(=O)NCCOc2ccc(F)cc2)cc1C. The summed E-state index contributed by atoms with van der Waals surface area (Å²) in [5, 5.41) is 5.22. The molecule has 0 saturated carbocycles. The van der Waals surface area contributed by atoms with Crippen molar-refractivity contribution in [2.24, 2.45) is 0 Å². The Hall–Kier alpha value is -2.89. The van der Waals surface area contributed by atoms with E-state index in [1.54, 1.807) is 12.1 Å². The molecule has 0 aliphatic heterocycles. The van der Waals surface area contributed by atoms with Crippen LogP contribution in [-0.2, 0) is 4.79 Å². The van der Waals surface area contributed by atoms with Crippen molar-refractivity contribution in [3.05, 3.63) is 65.0 Å². The second-order valence-electron chi connectivity index (χ2n) is 5.63. The van der Waals surface area contributed by atoms with Gasteiger partial charge in [-0.25, -0.2) is 4.39 Å². The van der Waals surface area contributed by atoms with Crippen molar-refractivity contribution in [2.75, 3.05) is 19.7 Å². The van der Waals surface area contributed by atoms with E-state index < -0.39 is 0 Å². The second-order valence-corrected chi connectivity index (χ2v) is 5.63. The molecule has 132 valence electrons. The Morgan fingerprint density at radius 1 is 1.00 bits per heavy atom. The van der Waals surface area contributed by atoms with Crippen LogP contribution < -0.4 is 15.4 Å². The summed E-state index contributed by atoms with van der Waals surface area (Å²) in [6.07, 6.45) is 0. The van der Waals surface area contributed by atoms with Crippen LogP contribution in [0.1, 0.15) is 21.5 Å². The lowest BCUT2D eigenvalue weighted by molar-refractivity contribution is -0.120. The normalized spacial score (nSPS) is 10.2. The van der Waals surface area contributed by atoms with E-state index in [-0.39, 0.29) is 37.3 Å². The van der Waals surface area contributed by atoms with E-state index in [1.807, 2.05) is 19.9 Å². The molecule has 0 radical (unpaired) electrons. The minimum atomic E-state index is -0.333. The fraction of sp³-hybridized carbons (Fsp3) is 0.263. The summed E-state index contributed by atoms with van der Waals surface area (Å²) in [6, 6.07) is 11.0. The Balaban J connectivity index is 1.67. The van der Waals surface area contributed by atoms with Gasteiger partial charge >= 0.3 is 0 Å². The summed E-state index contributed by atoms with van der Waals surface area (Å²) >= 11 is 0. The maximum Gasteiger partial charge on any atom is 0.251 e. The average molecular weight is 344 g/mol. The maximum atomic E-state index is 12.7. The average Bonchev–Trinajstić information content (AvgIpc) is 2.60. The maximum absolute atomic E-state index is 12.7. The number of ether oxygens (including phenoxy) is 1. The Bertz CT molecular complexity index is 745. The molecular formula is C19H21FN2O3. The molecule has 0 unspecified atom stereocenters. The van der Waals surface area contributed by atoms with Gasteiger partial charge in [-0.1, -0.05) is 6.07 Å². The third-order valence-corrected chi connectivity index (χ3v) is 3.69. The van der Waals surface area contributed by atoms with Gasteiger partial charge in [-0.2, -0.15) is 0 Å². The van der Waals surface area contributed by atoms with Crippen molar-refractivity contribution in [3.63, 3.8) is 0 Å². The van der Waals surface area contributed by atoms with Crippen LogP contribution in [-0.4, -0.2) is 31.5 Å². The number of aryl methyl sites for hydroxylation is 2. The number of amides is 2. The van der Waals surface area contributed by atoms with Crippen LogP contribution in [0.15, 0.2) is 42.5 Å². The van der Waals surface area contributed by atoms with E-state index in [1.165, 1.54) is 24.3 Å². The second kappa shape index (κ2) is 8.82. The van der Waals surface area contributed by atoms with E-state index in [4.69, 9.17) is 4.74 Å². The third-order valence-electron chi connectivity index (χ3n) is 3.69. The smallest absolute Gasteiger partial charge is 0.251 e. The van der Waals surface area contributed by atoms with Gasteiger partial charge in [-0.05, 0) is 61.4 Å². The molecule has 2 N–H and O–H groups in total. The molecular weight excluding hydrogens is 323 g/mol. The number of halogens is 1. The third kappa shape index (κ3) is 5.91. The summed E-state index contributed by atoms with van der Waals surface area (Å²) in [5.41, 5.74) is 2.65. The van der Waals surface area contributed by atoms with Gasteiger partial charge < -0.3 is 15.4 Å². The van der Waals surface area contributed by atoms with E-state index in [9.17, 15) is 14.0 Å². The quantitative estimate of drug-likeness (QED) is 0.758. The van der Waals surface area contributed by atoms with Crippen LogP contribution in [0.3, 0.4) is 0 Å². The number of rotatable bonds is 7. The highest BCUT2D eigenvalue weighted by Crippen LogP contribution is 2.10. The fourth-order valence-electron chi connectivity index (χ4n) is 2.10. The number of nitrogens with one attached hydrogen (secondary N) is 2. The summed E-state index contributed by atoms with van der Waals surface area (Å²) in [4.78, 5) is 23.7. The van der Waals surface area contributed by atoms with Gasteiger partial charge in [0.15, 0.2) is 0 Å². The zero-order valence-corrected chi connectivity index (χ0v) is 14.3. The Morgan fingerprint density at radius 2 is 1.72 bits per heavy atom. The lowest BCUT2D eigenvalue weighted by Crippen LogP contribution is -2.38. The van der Waals surface area contributed by atoms with Crippen LogP contribution in [0.5, 0.6) is 5.75 Å². The minimum absolute atomic E-state index is 0.109. The molecule has 0 heterocycles. The Labute approximate surface area is 146 Å². The molecule has 0 aliphatic carbocycles. The molecule has 0 aliphatic rings. The number of hydrogen-bond donors (Lipinski definition) is 2. The van der Waals surface area contributed by atoms with Crippen LogP contribution in [0.2, 0.25) is 0 Å². The molecule has 0 saturated heterocycles. The lowest BCUT2D eigenvalue weighted by atomic mass is 10.1. The molecule has 2 aromatic carbocycles. The molecule has 2 aromatic rings. The summed E-state index contributed by atoms with van der Waals surface area (Å²) < 4.78 is 18.1. The first-order valence-electron chi connectivity index (χ1n) is 7.96. The fourth-order valence-corrected chi connectivity index (χ4v) is 2.10. The Morgan fingerprint density at radius 3 is 2.40 bits per heavy atom. The van der Waals surface area contributed by atoms with E-state index in [0.717, 1.165) is 11.1 Å². The first kappa shape index (κ1) is 18.4. The van der Waals surface area contributed by atoms with E-state index in [2.05, 4.69) is 10.6 Å². The van der Waals surface area contributed by atoms with Crippen molar-refractivity contribution < 1.29 is 18.7 Å². The first-order chi connectivity index (χ1) is 12.0. The van der Waals surface area contributed by atoms with Gasteiger partial charge in [-0.15, -0.1) is 0 Å². The van der Waals surface area contributed by atoms with Gasteiger partial charge in [0.1, 0.15) is 18.2 Å². The summed E-state index contributed by atoms with van der Waals surface area (Å²) in [6.45, 7) is 4.33. The highest BCUT2D eigenvalue weighted by Gasteiger charge is 2.08.